The van der Waals surface area contributed by atoms with Crippen LogP contribution in [0.5, 0.6) is 0 Å². The summed E-state index contributed by atoms with van der Waals surface area (Å²) >= 11 is 0. The minimum atomic E-state index is -3.56. The Morgan fingerprint density at radius 1 is 1.04 bits per heavy atom. The molecule has 1 aliphatic heterocycles. The fraction of sp³-hybridized carbons (Fsp3) is 0.133. The van der Waals surface area contributed by atoms with Crippen molar-refractivity contribution in [2.24, 2.45) is 0 Å². The molecule has 1 aliphatic rings. The van der Waals surface area contributed by atoms with Gasteiger partial charge in [0.25, 0.3) is 5.91 Å². The highest BCUT2D eigenvalue weighted by Gasteiger charge is 2.35. The first-order chi connectivity index (χ1) is 10.8. The minimum absolute atomic E-state index is 0.184. The average molecular weight is 335 g/mol. The van der Waals surface area contributed by atoms with Gasteiger partial charge >= 0.3 is 10.2 Å². The Hall–Kier alpha value is -2.61. The van der Waals surface area contributed by atoms with Crippen molar-refractivity contribution < 1.29 is 17.6 Å². The first-order valence-corrected chi connectivity index (χ1v) is 8.14. The average Bonchev–Trinajstić information content (AvgIpc) is 2.68. The second-order valence-electron chi connectivity index (χ2n) is 5.11. The van der Waals surface area contributed by atoms with Gasteiger partial charge in [-0.3, -0.25) is 13.4 Å². The molecule has 0 radical (unpaired) electrons. The summed E-state index contributed by atoms with van der Waals surface area (Å²) in [6.07, 6.45) is 0. The first-order valence-electron chi connectivity index (χ1n) is 6.74. The van der Waals surface area contributed by atoms with Crippen molar-refractivity contribution >= 4 is 33.2 Å². The zero-order chi connectivity index (χ0) is 16.8. The quantitative estimate of drug-likeness (QED) is 0.915. The summed E-state index contributed by atoms with van der Waals surface area (Å²) < 4.78 is 39.6. The van der Waals surface area contributed by atoms with Gasteiger partial charge in [0.05, 0.1) is 11.4 Å². The van der Waals surface area contributed by atoms with E-state index >= 15 is 0 Å². The van der Waals surface area contributed by atoms with E-state index in [1.54, 1.807) is 18.2 Å². The number of carbonyl (C=O) groups is 1. The van der Waals surface area contributed by atoms with E-state index in [1.165, 1.54) is 36.6 Å². The van der Waals surface area contributed by atoms with Crippen LogP contribution in [0.2, 0.25) is 0 Å². The van der Waals surface area contributed by atoms with Crippen molar-refractivity contribution in [3.05, 3.63) is 53.8 Å². The van der Waals surface area contributed by atoms with Crippen LogP contribution in [0.25, 0.3) is 0 Å². The van der Waals surface area contributed by atoms with E-state index in [-0.39, 0.29) is 5.56 Å². The van der Waals surface area contributed by atoms with E-state index in [2.05, 4.69) is 5.32 Å². The van der Waals surface area contributed by atoms with Crippen LogP contribution in [-0.2, 0) is 10.2 Å². The molecule has 0 saturated heterocycles. The number of hydrogen-bond donors (Lipinski definition) is 1. The molecule has 0 unspecified atom stereocenters. The molecule has 2 aromatic rings. The van der Waals surface area contributed by atoms with E-state index in [0.717, 1.165) is 10.4 Å². The number of amides is 1. The molecule has 3 rings (SSSR count). The lowest BCUT2D eigenvalue weighted by Gasteiger charge is -2.13. The normalized spacial score (nSPS) is 15.4. The molecule has 0 atom stereocenters. The molecular weight excluding hydrogens is 321 g/mol. The lowest BCUT2D eigenvalue weighted by molar-refractivity contribution is 0.102. The van der Waals surface area contributed by atoms with Crippen LogP contribution in [0, 0.1) is 5.82 Å². The van der Waals surface area contributed by atoms with Gasteiger partial charge in [0.15, 0.2) is 0 Å². The Bertz CT molecular complexity index is 899. The van der Waals surface area contributed by atoms with Crippen molar-refractivity contribution in [1.29, 1.82) is 0 Å². The van der Waals surface area contributed by atoms with Crippen molar-refractivity contribution in [2.75, 3.05) is 28.0 Å². The number of nitrogens with one attached hydrogen (secondary N) is 1. The highest BCUT2D eigenvalue weighted by Crippen LogP contribution is 2.40. The SMILES string of the molecule is CN1c2ccc(NC(=O)c3cccc(F)c3)cc2N(C)S1(=O)=O. The molecule has 0 aromatic heterocycles. The summed E-state index contributed by atoms with van der Waals surface area (Å²) in [5, 5.41) is 2.63. The summed E-state index contributed by atoms with van der Waals surface area (Å²) in [5.74, 6) is -0.972. The predicted molar refractivity (Wildman–Crippen MR) is 86.5 cm³/mol. The number of rotatable bonds is 2. The number of hydrogen-bond acceptors (Lipinski definition) is 3. The molecule has 120 valence electrons. The predicted octanol–water partition coefficient (Wildman–Crippen LogP) is 2.21. The van der Waals surface area contributed by atoms with Crippen LogP contribution >= 0.6 is 0 Å². The maximum Gasteiger partial charge on any atom is 0.326 e. The standard InChI is InChI=1S/C15H14FN3O3S/c1-18-13-7-6-12(9-14(13)19(2)23(18,21)22)17-15(20)10-4-3-5-11(16)8-10/h3-9H,1-2H3,(H,17,20). The second-order valence-corrected chi connectivity index (χ2v) is 7.10. The number of benzene rings is 2. The summed E-state index contributed by atoms with van der Waals surface area (Å²) in [5.41, 5.74) is 1.60. The van der Waals surface area contributed by atoms with Crippen LogP contribution in [-0.4, -0.2) is 28.4 Å². The summed E-state index contributed by atoms with van der Waals surface area (Å²) in [6.45, 7) is 0. The fourth-order valence-corrected chi connectivity index (χ4v) is 3.55. The van der Waals surface area contributed by atoms with E-state index < -0.39 is 21.9 Å². The lowest BCUT2D eigenvalue weighted by atomic mass is 10.2. The van der Waals surface area contributed by atoms with Crippen LogP contribution in [0.3, 0.4) is 0 Å². The van der Waals surface area contributed by atoms with Crippen LogP contribution < -0.4 is 13.9 Å². The number of nitrogens with zero attached hydrogens (tertiary/aromatic N) is 2. The molecule has 1 heterocycles. The minimum Gasteiger partial charge on any atom is -0.322 e. The molecule has 2 aromatic carbocycles. The van der Waals surface area contributed by atoms with Crippen LogP contribution in [0.1, 0.15) is 10.4 Å². The van der Waals surface area contributed by atoms with Crippen molar-refractivity contribution in [1.82, 2.24) is 0 Å². The van der Waals surface area contributed by atoms with Gasteiger partial charge in [-0.15, -0.1) is 0 Å². The number of halogens is 1. The topological polar surface area (TPSA) is 69.7 Å². The molecule has 1 amide bonds. The molecule has 0 bridgehead atoms. The summed E-state index contributed by atoms with van der Waals surface area (Å²) in [6, 6.07) is 10.1. The van der Waals surface area contributed by atoms with Gasteiger partial charge in [-0.25, -0.2) is 4.39 Å². The van der Waals surface area contributed by atoms with Crippen LogP contribution in [0.4, 0.5) is 21.5 Å². The number of fused-ring (bicyclic) bond motifs is 1. The third-order valence-electron chi connectivity index (χ3n) is 3.69. The molecule has 23 heavy (non-hydrogen) atoms. The van der Waals surface area contributed by atoms with E-state index in [0.29, 0.717) is 17.1 Å². The number of carbonyl (C=O) groups excluding carboxylic acids is 1. The Kier molecular flexibility index (Phi) is 3.48. The van der Waals surface area contributed by atoms with Crippen LogP contribution in [0.15, 0.2) is 42.5 Å². The number of anilines is 3. The second kappa shape index (κ2) is 5.24. The zero-order valence-electron chi connectivity index (χ0n) is 12.4. The smallest absolute Gasteiger partial charge is 0.322 e. The van der Waals surface area contributed by atoms with Gasteiger partial charge in [0, 0.05) is 25.3 Å². The molecule has 0 saturated carbocycles. The Morgan fingerprint density at radius 2 is 1.74 bits per heavy atom. The van der Waals surface area contributed by atoms with Crippen molar-refractivity contribution in [3.8, 4) is 0 Å². The largest absolute Gasteiger partial charge is 0.326 e. The molecule has 0 fully saturated rings. The van der Waals surface area contributed by atoms with Gasteiger partial charge in [-0.05, 0) is 36.4 Å². The molecule has 6 nitrogen and oxygen atoms in total. The van der Waals surface area contributed by atoms with Gasteiger partial charge in [-0.2, -0.15) is 8.42 Å². The van der Waals surface area contributed by atoms with Gasteiger partial charge in [0.2, 0.25) is 0 Å². The molecule has 8 heteroatoms. The Labute approximate surface area is 133 Å². The Balaban J connectivity index is 1.90. The highest BCUT2D eigenvalue weighted by atomic mass is 32.2. The fourth-order valence-electron chi connectivity index (χ4n) is 2.38. The molecular formula is C15H14FN3O3S. The maximum absolute atomic E-state index is 13.2. The first kappa shape index (κ1) is 15.3. The van der Waals surface area contributed by atoms with E-state index in [9.17, 15) is 17.6 Å². The van der Waals surface area contributed by atoms with Crippen molar-refractivity contribution in [3.63, 3.8) is 0 Å². The van der Waals surface area contributed by atoms with Gasteiger partial charge in [-0.1, -0.05) is 6.07 Å². The zero-order valence-corrected chi connectivity index (χ0v) is 13.3. The summed E-state index contributed by atoms with van der Waals surface area (Å²) in [4.78, 5) is 12.1. The van der Waals surface area contributed by atoms with Crippen molar-refractivity contribution in [2.45, 2.75) is 0 Å². The lowest BCUT2D eigenvalue weighted by Crippen LogP contribution is -2.32. The summed E-state index contributed by atoms with van der Waals surface area (Å²) in [7, 11) is -0.660. The Morgan fingerprint density at radius 3 is 2.43 bits per heavy atom. The molecule has 0 aliphatic carbocycles. The van der Waals surface area contributed by atoms with Gasteiger partial charge < -0.3 is 5.32 Å². The molecule has 1 N–H and O–H groups in total. The monoisotopic (exact) mass is 335 g/mol. The third-order valence-corrected chi connectivity index (χ3v) is 5.47. The maximum atomic E-state index is 13.2. The molecule has 0 spiro atoms. The van der Waals surface area contributed by atoms with E-state index in [1.807, 2.05) is 0 Å². The van der Waals surface area contributed by atoms with E-state index in [4.69, 9.17) is 0 Å². The third kappa shape index (κ3) is 2.50. The van der Waals surface area contributed by atoms with Gasteiger partial charge in [0.1, 0.15) is 5.82 Å². The highest BCUT2D eigenvalue weighted by molar-refractivity contribution is 7.94.